The van der Waals surface area contributed by atoms with Crippen LogP contribution in [0.3, 0.4) is 0 Å². The predicted molar refractivity (Wildman–Crippen MR) is 175 cm³/mol. The van der Waals surface area contributed by atoms with Gasteiger partial charge in [-0.05, 0) is 61.7 Å². The fourth-order valence-electron chi connectivity index (χ4n) is 9.43. The number of phenols is 1. The number of amides is 2. The highest BCUT2D eigenvalue weighted by Gasteiger charge is 2.64. The van der Waals surface area contributed by atoms with Crippen LogP contribution in [0.1, 0.15) is 67.1 Å². The Morgan fingerprint density at radius 1 is 1.10 bits per heavy atom. The fourth-order valence-corrected chi connectivity index (χ4v) is 9.43. The Labute approximate surface area is 286 Å². The van der Waals surface area contributed by atoms with Crippen molar-refractivity contribution in [2.45, 2.75) is 88.1 Å². The summed E-state index contributed by atoms with van der Waals surface area (Å²) in [4.78, 5) is 44.3. The molecule has 3 aromatic rings. The van der Waals surface area contributed by atoms with Crippen molar-refractivity contribution in [1.29, 1.82) is 0 Å². The van der Waals surface area contributed by atoms with Gasteiger partial charge in [-0.1, -0.05) is 13.0 Å². The normalized spacial score (nSPS) is 29.6. The van der Waals surface area contributed by atoms with E-state index >= 15 is 4.39 Å². The molecule has 50 heavy (non-hydrogen) atoms. The number of piperazine rings is 1. The predicted octanol–water partition coefficient (Wildman–Crippen LogP) is 4.99. The number of hydrogen-bond acceptors (Lipinski definition) is 8. The first-order chi connectivity index (χ1) is 24.0. The van der Waals surface area contributed by atoms with Crippen LogP contribution in [0.4, 0.5) is 29.1 Å². The second-order valence-corrected chi connectivity index (χ2v) is 14.9. The Morgan fingerprint density at radius 2 is 1.86 bits per heavy atom. The van der Waals surface area contributed by atoms with Crippen molar-refractivity contribution in [2.75, 3.05) is 42.6 Å². The molecule has 5 fully saturated rings. The zero-order valence-corrected chi connectivity index (χ0v) is 27.7. The number of hydrogen-bond donors (Lipinski definition) is 1. The molecule has 4 saturated heterocycles. The Hall–Kier alpha value is -4.20. The molecule has 2 bridgehead atoms. The molecule has 2 aromatic carbocycles. The van der Waals surface area contributed by atoms with Gasteiger partial charge >= 0.3 is 6.01 Å². The van der Waals surface area contributed by atoms with E-state index in [9.17, 15) is 27.9 Å². The van der Waals surface area contributed by atoms with Crippen molar-refractivity contribution < 1.29 is 37.0 Å². The maximum absolute atomic E-state index is 15.1. The van der Waals surface area contributed by atoms with Gasteiger partial charge in [0, 0.05) is 56.0 Å². The Bertz CT molecular complexity index is 1930. The lowest BCUT2D eigenvalue weighted by molar-refractivity contribution is -0.138. The molecule has 1 aromatic heterocycles. The van der Waals surface area contributed by atoms with Crippen molar-refractivity contribution >= 4 is 34.1 Å². The number of fused-ring (bicyclic) bond motifs is 5. The van der Waals surface area contributed by atoms with E-state index in [0.29, 0.717) is 65.8 Å². The van der Waals surface area contributed by atoms with E-state index in [-0.39, 0.29) is 55.6 Å². The number of benzene rings is 2. The number of aromatic nitrogens is 2. The summed E-state index contributed by atoms with van der Waals surface area (Å²) in [6.45, 7) is 3.75. The standard InChI is InChI=1S/C36H38F4N6O4/c1-2-24-26(38)7-4-19-10-23(47)11-28(29(19)24)45-17-27-30(33(45)49)31(42-34(41-27)50-18-35-8-3-9-44(35)14-20(37)12-35)43-15-21-5-6-22(16-43)46(21)32(48)25-13-36(25,39)40/h4,7,10-11,20-22,25,47H,2-3,5-6,8-9,12-18H2,1H3/t20-,21?,22?,25?,35+/m1/s1. The number of anilines is 2. The molecule has 5 atom stereocenters. The number of phenolic OH excluding ortho intramolecular Hbond substituents is 1. The number of nitrogens with zero attached hydrogens (tertiary/aromatic N) is 6. The van der Waals surface area contributed by atoms with Crippen LogP contribution in [0, 0.1) is 11.7 Å². The Balaban J connectivity index is 1.09. The SMILES string of the molecule is CCc1c(F)ccc2cc(O)cc(N3Cc4nc(OC[C@@]56CCCN5C[C@H](F)C6)nc(N5CC6CCC(C5)N6C(=O)C5CC5(F)F)c4C3=O)c12. The number of aromatic hydroxyl groups is 1. The zero-order valence-electron chi connectivity index (χ0n) is 27.7. The van der Waals surface area contributed by atoms with E-state index in [1.165, 1.54) is 23.1 Å². The smallest absolute Gasteiger partial charge is 0.318 e. The molecular weight excluding hydrogens is 656 g/mol. The van der Waals surface area contributed by atoms with E-state index in [1.54, 1.807) is 11.0 Å². The molecule has 5 aliphatic heterocycles. The van der Waals surface area contributed by atoms with Crippen LogP contribution in [0.5, 0.6) is 11.8 Å². The molecule has 1 N–H and O–H groups in total. The van der Waals surface area contributed by atoms with Crippen LogP contribution in [-0.2, 0) is 17.8 Å². The third-order valence-electron chi connectivity index (χ3n) is 11.9. The van der Waals surface area contributed by atoms with E-state index in [0.717, 1.165) is 19.4 Å². The molecule has 264 valence electrons. The highest BCUT2D eigenvalue weighted by molar-refractivity contribution is 6.16. The minimum absolute atomic E-state index is 0.00413. The molecule has 0 spiro atoms. The van der Waals surface area contributed by atoms with E-state index in [1.807, 2.05) is 11.8 Å². The minimum Gasteiger partial charge on any atom is -0.508 e. The van der Waals surface area contributed by atoms with E-state index < -0.39 is 47.6 Å². The highest BCUT2D eigenvalue weighted by Crippen LogP contribution is 2.51. The summed E-state index contributed by atoms with van der Waals surface area (Å²) < 4.78 is 63.8. The number of aryl methyl sites for hydroxylation is 1. The quantitative estimate of drug-likeness (QED) is 0.346. The topological polar surface area (TPSA) is 102 Å². The van der Waals surface area contributed by atoms with Gasteiger partial charge < -0.3 is 24.5 Å². The largest absolute Gasteiger partial charge is 0.508 e. The zero-order chi connectivity index (χ0) is 34.7. The van der Waals surface area contributed by atoms with Gasteiger partial charge in [0.1, 0.15) is 41.6 Å². The molecule has 0 radical (unpaired) electrons. The lowest BCUT2D eigenvalue weighted by atomic mass is 9.95. The summed E-state index contributed by atoms with van der Waals surface area (Å²) in [7, 11) is 0. The number of carbonyl (C=O) groups is 2. The highest BCUT2D eigenvalue weighted by atomic mass is 19.3. The first-order valence-electron chi connectivity index (χ1n) is 17.6. The van der Waals surface area contributed by atoms with Gasteiger partial charge in [0.2, 0.25) is 5.91 Å². The summed E-state index contributed by atoms with van der Waals surface area (Å²) in [5.74, 6) is -5.36. The molecule has 10 nitrogen and oxygen atoms in total. The van der Waals surface area contributed by atoms with Crippen molar-refractivity contribution in [1.82, 2.24) is 19.8 Å². The van der Waals surface area contributed by atoms with Gasteiger partial charge in [0.05, 0.1) is 23.5 Å². The van der Waals surface area contributed by atoms with E-state index in [4.69, 9.17) is 14.7 Å². The van der Waals surface area contributed by atoms with Crippen LogP contribution in [0.25, 0.3) is 10.8 Å². The van der Waals surface area contributed by atoms with Gasteiger partial charge in [-0.3, -0.25) is 14.5 Å². The van der Waals surface area contributed by atoms with Crippen LogP contribution in [0.15, 0.2) is 24.3 Å². The van der Waals surface area contributed by atoms with Crippen LogP contribution in [0.2, 0.25) is 0 Å². The second kappa shape index (κ2) is 11.1. The van der Waals surface area contributed by atoms with Crippen molar-refractivity contribution in [3.8, 4) is 11.8 Å². The number of carbonyl (C=O) groups excluding carboxylic acids is 2. The minimum atomic E-state index is -2.96. The summed E-state index contributed by atoms with van der Waals surface area (Å²) in [6.07, 6.45) is 2.36. The Kier molecular flexibility index (Phi) is 7.08. The first kappa shape index (κ1) is 31.8. The molecule has 2 amide bonds. The van der Waals surface area contributed by atoms with Crippen molar-refractivity contribution in [3.05, 3.63) is 46.9 Å². The van der Waals surface area contributed by atoms with Gasteiger partial charge in [-0.15, -0.1) is 0 Å². The van der Waals surface area contributed by atoms with Crippen molar-refractivity contribution in [3.63, 3.8) is 0 Å². The number of ether oxygens (including phenoxy) is 1. The van der Waals surface area contributed by atoms with Gasteiger partial charge in [0.25, 0.3) is 11.8 Å². The molecular formula is C36H38F4N6O4. The van der Waals surface area contributed by atoms with Gasteiger partial charge in [-0.25, -0.2) is 17.6 Å². The number of alkyl halides is 3. The molecule has 3 unspecified atom stereocenters. The molecule has 6 heterocycles. The van der Waals surface area contributed by atoms with Gasteiger partial charge in [0.15, 0.2) is 0 Å². The van der Waals surface area contributed by atoms with Crippen LogP contribution in [-0.4, -0.2) is 99.2 Å². The lowest BCUT2D eigenvalue weighted by Gasteiger charge is -2.42. The third kappa shape index (κ3) is 4.84. The molecule has 1 aliphatic carbocycles. The number of halogens is 4. The average Bonchev–Trinajstić information content (AvgIpc) is 3.38. The monoisotopic (exact) mass is 694 g/mol. The second-order valence-electron chi connectivity index (χ2n) is 14.9. The average molecular weight is 695 g/mol. The summed E-state index contributed by atoms with van der Waals surface area (Å²) in [6, 6.07) is 5.31. The Morgan fingerprint density at radius 3 is 2.58 bits per heavy atom. The molecule has 6 aliphatic rings. The maximum Gasteiger partial charge on any atom is 0.318 e. The lowest BCUT2D eigenvalue weighted by Crippen LogP contribution is -2.57. The number of rotatable bonds is 7. The summed E-state index contributed by atoms with van der Waals surface area (Å²) in [5, 5.41) is 11.8. The first-order valence-corrected chi connectivity index (χ1v) is 17.6. The van der Waals surface area contributed by atoms with Crippen LogP contribution >= 0.6 is 0 Å². The maximum atomic E-state index is 15.1. The van der Waals surface area contributed by atoms with Crippen molar-refractivity contribution in [2.24, 2.45) is 5.92 Å². The summed E-state index contributed by atoms with van der Waals surface area (Å²) >= 11 is 0. The molecule has 1 saturated carbocycles. The van der Waals surface area contributed by atoms with Crippen LogP contribution < -0.4 is 14.5 Å². The fraction of sp³-hybridized carbons (Fsp3) is 0.556. The third-order valence-corrected chi connectivity index (χ3v) is 11.9. The summed E-state index contributed by atoms with van der Waals surface area (Å²) in [5.41, 5.74) is 0.926. The van der Waals surface area contributed by atoms with Gasteiger partial charge in [-0.2, -0.15) is 9.97 Å². The molecule has 9 rings (SSSR count). The van der Waals surface area contributed by atoms with E-state index in [2.05, 4.69) is 4.90 Å². The molecule has 14 heteroatoms.